The lowest BCUT2D eigenvalue weighted by Gasteiger charge is -2.21. The Balaban J connectivity index is 1.63. The van der Waals surface area contributed by atoms with Crippen LogP contribution in [0.3, 0.4) is 0 Å². The highest BCUT2D eigenvalue weighted by atomic mass is 16.4. The molecule has 0 aromatic heterocycles. The van der Waals surface area contributed by atoms with Gasteiger partial charge in [0, 0.05) is 30.6 Å². The molecule has 2 N–H and O–H groups in total. The minimum Gasteiger partial charge on any atom is -0.481 e. The van der Waals surface area contributed by atoms with Crippen molar-refractivity contribution in [1.82, 2.24) is 5.32 Å². The molecule has 0 radical (unpaired) electrons. The molecule has 2 aliphatic rings. The molecule has 134 valence electrons. The number of rotatable bonds is 5. The first kappa shape index (κ1) is 17.5. The summed E-state index contributed by atoms with van der Waals surface area (Å²) in [5, 5.41) is 12.3. The van der Waals surface area contributed by atoms with Gasteiger partial charge in [-0.1, -0.05) is 31.0 Å². The summed E-state index contributed by atoms with van der Waals surface area (Å²) >= 11 is 0. The summed E-state index contributed by atoms with van der Waals surface area (Å²) in [6, 6.07) is 6.85. The van der Waals surface area contributed by atoms with E-state index in [1.54, 1.807) is 24.3 Å². The molecule has 6 nitrogen and oxygen atoms in total. The molecule has 1 aliphatic heterocycles. The Morgan fingerprint density at radius 3 is 2.60 bits per heavy atom. The van der Waals surface area contributed by atoms with Crippen molar-refractivity contribution in [3.8, 4) is 0 Å². The number of nitrogens with one attached hydrogen (secondary N) is 1. The quantitative estimate of drug-likeness (QED) is 0.858. The molecule has 3 rings (SSSR count). The summed E-state index contributed by atoms with van der Waals surface area (Å²) in [7, 11) is 0. The Kier molecular flexibility index (Phi) is 5.06. The molecular formula is C19H24N2O4. The van der Waals surface area contributed by atoms with Crippen LogP contribution < -0.4 is 10.2 Å². The summed E-state index contributed by atoms with van der Waals surface area (Å²) in [4.78, 5) is 37.8. The molecule has 2 atom stereocenters. The predicted molar refractivity (Wildman–Crippen MR) is 93.4 cm³/mol. The topological polar surface area (TPSA) is 86.7 Å². The maximum absolute atomic E-state index is 12.7. The van der Waals surface area contributed by atoms with Gasteiger partial charge in [0.1, 0.15) is 5.92 Å². The third kappa shape index (κ3) is 3.67. The molecule has 1 fully saturated rings. The number of anilines is 1. The monoisotopic (exact) mass is 344 g/mol. The standard InChI is InChI=1S/C19H24N2O4/c1-12(20-18(23)13-6-2-3-7-13)10-17(22)21-11-15(19(24)25)14-8-4-5-9-16(14)21/h4-5,8-9,12-13,15H,2-3,6-7,10-11H2,1H3,(H,20,23)(H,24,25). The summed E-state index contributed by atoms with van der Waals surface area (Å²) in [6.45, 7) is 1.97. The normalized spacial score (nSPS) is 21.0. The fraction of sp³-hybridized carbons (Fsp3) is 0.526. The van der Waals surface area contributed by atoms with Gasteiger partial charge in [0.15, 0.2) is 0 Å². The van der Waals surface area contributed by atoms with E-state index in [9.17, 15) is 19.5 Å². The zero-order chi connectivity index (χ0) is 18.0. The SMILES string of the molecule is CC(CC(=O)N1CC(C(=O)O)c2ccccc21)NC(=O)C1CCCC1. The average Bonchev–Trinajstić information content (AvgIpc) is 3.22. The molecule has 1 saturated carbocycles. The number of carbonyl (C=O) groups excluding carboxylic acids is 2. The van der Waals surface area contributed by atoms with E-state index < -0.39 is 11.9 Å². The molecule has 6 heteroatoms. The van der Waals surface area contributed by atoms with Crippen molar-refractivity contribution < 1.29 is 19.5 Å². The largest absolute Gasteiger partial charge is 0.481 e. The fourth-order valence-electron chi connectivity index (χ4n) is 3.83. The van der Waals surface area contributed by atoms with Crippen LogP contribution in [0.2, 0.25) is 0 Å². The summed E-state index contributed by atoms with van der Waals surface area (Å²) in [5.41, 5.74) is 1.33. The highest BCUT2D eigenvalue weighted by Crippen LogP contribution is 2.36. The predicted octanol–water partition coefficient (Wildman–Crippen LogP) is 2.29. The number of carbonyl (C=O) groups is 3. The first-order valence-corrected chi connectivity index (χ1v) is 8.90. The van der Waals surface area contributed by atoms with Crippen LogP contribution in [0.5, 0.6) is 0 Å². The molecule has 1 aromatic carbocycles. The summed E-state index contributed by atoms with van der Waals surface area (Å²) in [5.74, 6) is -1.67. The molecule has 0 spiro atoms. The molecule has 1 aliphatic carbocycles. The van der Waals surface area contributed by atoms with Crippen LogP contribution in [0.15, 0.2) is 24.3 Å². The van der Waals surface area contributed by atoms with Crippen molar-refractivity contribution in [2.45, 2.75) is 51.0 Å². The van der Waals surface area contributed by atoms with Gasteiger partial charge >= 0.3 is 5.97 Å². The van der Waals surface area contributed by atoms with E-state index in [1.807, 2.05) is 6.92 Å². The Bertz CT molecular complexity index is 682. The number of amides is 2. The van der Waals surface area contributed by atoms with Crippen LogP contribution in [0, 0.1) is 5.92 Å². The van der Waals surface area contributed by atoms with E-state index in [0.717, 1.165) is 25.7 Å². The van der Waals surface area contributed by atoms with E-state index in [4.69, 9.17) is 0 Å². The molecule has 1 heterocycles. The lowest BCUT2D eigenvalue weighted by atomic mass is 10.0. The highest BCUT2D eigenvalue weighted by molar-refractivity contribution is 5.99. The smallest absolute Gasteiger partial charge is 0.312 e. The van der Waals surface area contributed by atoms with E-state index in [-0.39, 0.29) is 36.7 Å². The van der Waals surface area contributed by atoms with Crippen LogP contribution in [-0.2, 0) is 14.4 Å². The number of fused-ring (bicyclic) bond motifs is 1. The second-order valence-corrected chi connectivity index (χ2v) is 7.05. The number of hydrogen-bond donors (Lipinski definition) is 2. The van der Waals surface area contributed by atoms with Gasteiger partial charge in [0.2, 0.25) is 11.8 Å². The van der Waals surface area contributed by atoms with Crippen LogP contribution >= 0.6 is 0 Å². The Hall–Kier alpha value is -2.37. The number of para-hydroxylation sites is 1. The number of carboxylic acids is 1. The second-order valence-electron chi connectivity index (χ2n) is 7.05. The number of aliphatic carboxylic acids is 1. The van der Waals surface area contributed by atoms with Crippen LogP contribution in [0.1, 0.15) is 50.5 Å². The lowest BCUT2D eigenvalue weighted by Crippen LogP contribution is -2.41. The maximum Gasteiger partial charge on any atom is 0.312 e. The van der Waals surface area contributed by atoms with Crippen molar-refractivity contribution in [1.29, 1.82) is 0 Å². The maximum atomic E-state index is 12.7. The van der Waals surface area contributed by atoms with Gasteiger partial charge in [-0.25, -0.2) is 0 Å². The van der Waals surface area contributed by atoms with E-state index in [0.29, 0.717) is 11.3 Å². The highest BCUT2D eigenvalue weighted by Gasteiger charge is 2.36. The number of nitrogens with zero attached hydrogens (tertiary/aromatic N) is 1. The van der Waals surface area contributed by atoms with Gasteiger partial charge in [-0.05, 0) is 31.4 Å². The van der Waals surface area contributed by atoms with Crippen LogP contribution in [0.25, 0.3) is 0 Å². The van der Waals surface area contributed by atoms with Gasteiger partial charge in [-0.3, -0.25) is 14.4 Å². The van der Waals surface area contributed by atoms with Gasteiger partial charge in [0.25, 0.3) is 0 Å². The molecular weight excluding hydrogens is 320 g/mol. The van der Waals surface area contributed by atoms with Crippen LogP contribution in [-0.4, -0.2) is 35.5 Å². The zero-order valence-electron chi connectivity index (χ0n) is 14.4. The van der Waals surface area contributed by atoms with Gasteiger partial charge in [-0.2, -0.15) is 0 Å². The minimum absolute atomic E-state index is 0.0306. The van der Waals surface area contributed by atoms with Crippen molar-refractivity contribution in [2.75, 3.05) is 11.4 Å². The van der Waals surface area contributed by atoms with Crippen molar-refractivity contribution in [2.24, 2.45) is 5.92 Å². The second kappa shape index (κ2) is 7.25. The third-order valence-corrected chi connectivity index (χ3v) is 5.16. The number of benzene rings is 1. The molecule has 2 amide bonds. The van der Waals surface area contributed by atoms with E-state index in [1.165, 1.54) is 4.90 Å². The van der Waals surface area contributed by atoms with Crippen molar-refractivity contribution in [3.05, 3.63) is 29.8 Å². The summed E-state index contributed by atoms with van der Waals surface area (Å²) < 4.78 is 0. The lowest BCUT2D eigenvalue weighted by molar-refractivity contribution is -0.138. The van der Waals surface area contributed by atoms with Gasteiger partial charge < -0.3 is 15.3 Å². The molecule has 0 bridgehead atoms. The first-order chi connectivity index (χ1) is 12.0. The molecule has 1 aromatic rings. The van der Waals surface area contributed by atoms with Gasteiger partial charge in [-0.15, -0.1) is 0 Å². The molecule has 0 saturated heterocycles. The summed E-state index contributed by atoms with van der Waals surface area (Å²) in [6.07, 6.45) is 4.19. The van der Waals surface area contributed by atoms with Gasteiger partial charge in [0.05, 0.1) is 0 Å². The average molecular weight is 344 g/mol. The molecule has 2 unspecified atom stereocenters. The minimum atomic E-state index is -0.926. The number of carboxylic acid groups (broad SMARTS) is 1. The Labute approximate surface area is 147 Å². The van der Waals surface area contributed by atoms with Crippen molar-refractivity contribution >= 4 is 23.5 Å². The van der Waals surface area contributed by atoms with E-state index >= 15 is 0 Å². The van der Waals surface area contributed by atoms with Crippen LogP contribution in [0.4, 0.5) is 5.69 Å². The Morgan fingerprint density at radius 1 is 1.24 bits per heavy atom. The Morgan fingerprint density at radius 2 is 1.92 bits per heavy atom. The van der Waals surface area contributed by atoms with Crippen molar-refractivity contribution in [3.63, 3.8) is 0 Å². The third-order valence-electron chi connectivity index (χ3n) is 5.16. The molecule has 25 heavy (non-hydrogen) atoms. The first-order valence-electron chi connectivity index (χ1n) is 8.90. The zero-order valence-corrected chi connectivity index (χ0v) is 14.4. The number of hydrogen-bond acceptors (Lipinski definition) is 3. The van der Waals surface area contributed by atoms with E-state index in [2.05, 4.69) is 5.32 Å². The fourth-order valence-corrected chi connectivity index (χ4v) is 3.83.